The van der Waals surface area contributed by atoms with Crippen molar-refractivity contribution in [3.05, 3.63) is 73.2 Å². The van der Waals surface area contributed by atoms with E-state index in [0.29, 0.717) is 22.7 Å². The van der Waals surface area contributed by atoms with Gasteiger partial charge in [0.15, 0.2) is 5.58 Å². The van der Waals surface area contributed by atoms with Crippen LogP contribution in [0.3, 0.4) is 0 Å². The van der Waals surface area contributed by atoms with Gasteiger partial charge in [-0.3, -0.25) is 4.99 Å². The zero-order valence-electron chi connectivity index (χ0n) is 13.7. The Balaban J connectivity index is 1.68. The van der Waals surface area contributed by atoms with E-state index >= 15 is 0 Å². The number of benzene rings is 3. The standard InChI is InChI=1S/C20H11BrClIN2O2/c21-13-6-12(19(26)16(22)8-13)10-24-15-4-5-18-17(9-15)25-20(27-18)11-2-1-3-14(23)7-11/h1-10,26H. The number of rotatable bonds is 3. The molecule has 0 spiro atoms. The number of phenols is 1. The van der Waals surface area contributed by atoms with E-state index in [1.54, 1.807) is 18.3 Å². The number of aromatic hydroxyl groups is 1. The monoisotopic (exact) mass is 552 g/mol. The molecule has 4 nitrogen and oxygen atoms in total. The highest BCUT2D eigenvalue weighted by Crippen LogP contribution is 2.31. The van der Waals surface area contributed by atoms with Gasteiger partial charge in [0.1, 0.15) is 11.3 Å². The third kappa shape index (κ3) is 4.02. The van der Waals surface area contributed by atoms with Gasteiger partial charge in [0.25, 0.3) is 0 Å². The van der Waals surface area contributed by atoms with Crippen LogP contribution in [-0.4, -0.2) is 16.3 Å². The maximum atomic E-state index is 10.1. The Kier molecular flexibility index (Phi) is 5.21. The number of aliphatic imine (C=N–C) groups is 1. The number of halogens is 3. The van der Waals surface area contributed by atoms with E-state index in [1.807, 2.05) is 42.5 Å². The van der Waals surface area contributed by atoms with Gasteiger partial charge in [-0.2, -0.15) is 0 Å². The summed E-state index contributed by atoms with van der Waals surface area (Å²) in [7, 11) is 0. The number of nitrogens with zero attached hydrogens (tertiary/aromatic N) is 2. The molecule has 4 aromatic rings. The molecule has 1 aromatic heterocycles. The molecule has 0 aliphatic rings. The molecule has 134 valence electrons. The van der Waals surface area contributed by atoms with Crippen LogP contribution in [0.5, 0.6) is 5.75 Å². The normalized spacial score (nSPS) is 11.5. The zero-order chi connectivity index (χ0) is 19.0. The molecule has 3 aromatic carbocycles. The predicted molar refractivity (Wildman–Crippen MR) is 120 cm³/mol. The Labute approximate surface area is 182 Å². The summed E-state index contributed by atoms with van der Waals surface area (Å²) in [5.41, 5.74) is 3.55. The second-order valence-corrected chi connectivity index (χ2v) is 8.33. The van der Waals surface area contributed by atoms with Crippen LogP contribution in [0.4, 0.5) is 5.69 Å². The summed E-state index contributed by atoms with van der Waals surface area (Å²) in [6.07, 6.45) is 1.56. The highest BCUT2D eigenvalue weighted by Gasteiger charge is 2.09. The summed E-state index contributed by atoms with van der Waals surface area (Å²) in [6.45, 7) is 0. The first-order valence-electron chi connectivity index (χ1n) is 7.88. The number of phenolic OH excluding ortho intramolecular Hbond substituents is 1. The van der Waals surface area contributed by atoms with E-state index in [4.69, 9.17) is 16.0 Å². The summed E-state index contributed by atoms with van der Waals surface area (Å²) in [5.74, 6) is 0.563. The summed E-state index contributed by atoms with van der Waals surface area (Å²) in [4.78, 5) is 8.98. The van der Waals surface area contributed by atoms with Crippen LogP contribution >= 0.6 is 50.1 Å². The molecule has 7 heteroatoms. The topological polar surface area (TPSA) is 58.6 Å². The number of oxazole rings is 1. The predicted octanol–water partition coefficient (Wildman–Crippen LogP) is 6.97. The molecule has 0 saturated heterocycles. The molecule has 0 aliphatic heterocycles. The van der Waals surface area contributed by atoms with Crippen LogP contribution in [0.2, 0.25) is 5.02 Å². The molecule has 0 aliphatic carbocycles. The van der Waals surface area contributed by atoms with Gasteiger partial charge in [-0.1, -0.05) is 33.6 Å². The first kappa shape index (κ1) is 18.5. The molecule has 0 unspecified atom stereocenters. The van der Waals surface area contributed by atoms with Crippen molar-refractivity contribution in [2.24, 2.45) is 4.99 Å². The highest BCUT2D eigenvalue weighted by atomic mass is 127. The van der Waals surface area contributed by atoms with Gasteiger partial charge in [0.2, 0.25) is 5.89 Å². The van der Waals surface area contributed by atoms with Gasteiger partial charge in [-0.15, -0.1) is 0 Å². The van der Waals surface area contributed by atoms with E-state index in [1.165, 1.54) is 0 Å². The minimum atomic E-state index is -0.00732. The first-order valence-corrected chi connectivity index (χ1v) is 10.1. The van der Waals surface area contributed by atoms with Crippen LogP contribution in [0.15, 0.2) is 68.5 Å². The van der Waals surface area contributed by atoms with Gasteiger partial charge in [0, 0.05) is 25.4 Å². The van der Waals surface area contributed by atoms with Crippen molar-refractivity contribution in [3.8, 4) is 17.2 Å². The van der Waals surface area contributed by atoms with Crippen LogP contribution in [0, 0.1) is 3.57 Å². The van der Waals surface area contributed by atoms with Crippen molar-refractivity contribution >= 4 is 73.1 Å². The van der Waals surface area contributed by atoms with E-state index < -0.39 is 0 Å². The number of aromatic nitrogens is 1. The van der Waals surface area contributed by atoms with E-state index in [-0.39, 0.29) is 10.8 Å². The van der Waals surface area contributed by atoms with Gasteiger partial charge in [-0.05, 0) is 71.1 Å². The zero-order valence-corrected chi connectivity index (χ0v) is 18.2. The fourth-order valence-corrected chi connectivity index (χ4v) is 3.95. The summed E-state index contributed by atoms with van der Waals surface area (Å²) in [5, 5.41) is 10.3. The molecule has 27 heavy (non-hydrogen) atoms. The lowest BCUT2D eigenvalue weighted by Crippen LogP contribution is -1.84. The minimum Gasteiger partial charge on any atom is -0.506 e. The minimum absolute atomic E-state index is 0.00732. The molecule has 4 rings (SSSR count). The first-order chi connectivity index (χ1) is 13.0. The number of fused-ring (bicyclic) bond motifs is 1. The Morgan fingerprint density at radius 3 is 2.81 bits per heavy atom. The molecular formula is C20H11BrClIN2O2. The van der Waals surface area contributed by atoms with E-state index in [9.17, 15) is 5.11 Å². The van der Waals surface area contributed by atoms with Crippen molar-refractivity contribution in [1.29, 1.82) is 0 Å². The summed E-state index contributed by atoms with van der Waals surface area (Å²) < 4.78 is 7.73. The van der Waals surface area contributed by atoms with Gasteiger partial charge in [-0.25, -0.2) is 4.98 Å². The SMILES string of the molecule is Oc1c(Cl)cc(Br)cc1C=Nc1ccc2oc(-c3cccc(I)c3)nc2c1. The van der Waals surface area contributed by atoms with Crippen molar-refractivity contribution < 1.29 is 9.52 Å². The van der Waals surface area contributed by atoms with Crippen molar-refractivity contribution in [1.82, 2.24) is 4.98 Å². The second-order valence-electron chi connectivity index (χ2n) is 5.77. The van der Waals surface area contributed by atoms with Crippen LogP contribution in [0.1, 0.15) is 5.56 Å². The van der Waals surface area contributed by atoms with Gasteiger partial charge >= 0.3 is 0 Å². The lowest BCUT2D eigenvalue weighted by atomic mass is 10.2. The van der Waals surface area contributed by atoms with Gasteiger partial charge < -0.3 is 9.52 Å². The van der Waals surface area contributed by atoms with Crippen molar-refractivity contribution in [2.45, 2.75) is 0 Å². The third-order valence-electron chi connectivity index (χ3n) is 3.85. The van der Waals surface area contributed by atoms with Gasteiger partial charge in [0.05, 0.1) is 10.7 Å². The quantitative estimate of drug-likeness (QED) is 0.220. The molecule has 0 saturated carbocycles. The lowest BCUT2D eigenvalue weighted by Gasteiger charge is -2.02. The molecule has 0 fully saturated rings. The molecule has 0 radical (unpaired) electrons. The Hall–Kier alpha value is -1.90. The van der Waals surface area contributed by atoms with Crippen LogP contribution < -0.4 is 0 Å². The maximum Gasteiger partial charge on any atom is 0.227 e. The van der Waals surface area contributed by atoms with Crippen molar-refractivity contribution in [3.63, 3.8) is 0 Å². The Morgan fingerprint density at radius 1 is 1.15 bits per heavy atom. The maximum absolute atomic E-state index is 10.1. The summed E-state index contributed by atoms with van der Waals surface area (Å²) >= 11 is 11.6. The molecule has 0 bridgehead atoms. The highest BCUT2D eigenvalue weighted by molar-refractivity contribution is 14.1. The molecule has 1 N–H and O–H groups in total. The molecular weight excluding hydrogens is 542 g/mol. The second kappa shape index (κ2) is 7.61. The Bertz CT molecular complexity index is 1190. The van der Waals surface area contributed by atoms with Crippen LogP contribution in [-0.2, 0) is 0 Å². The molecule has 0 amide bonds. The fraction of sp³-hybridized carbons (Fsp3) is 0. The third-order valence-corrected chi connectivity index (χ3v) is 5.27. The van der Waals surface area contributed by atoms with Crippen molar-refractivity contribution in [2.75, 3.05) is 0 Å². The molecule has 1 heterocycles. The lowest BCUT2D eigenvalue weighted by molar-refractivity contribution is 0.474. The Morgan fingerprint density at radius 2 is 2.00 bits per heavy atom. The smallest absolute Gasteiger partial charge is 0.227 e. The molecule has 0 atom stereocenters. The average molecular weight is 554 g/mol. The number of hydrogen-bond acceptors (Lipinski definition) is 4. The average Bonchev–Trinajstić information content (AvgIpc) is 3.07. The number of hydrogen-bond donors (Lipinski definition) is 1. The van der Waals surface area contributed by atoms with Crippen LogP contribution in [0.25, 0.3) is 22.6 Å². The summed E-state index contributed by atoms with van der Waals surface area (Å²) in [6, 6.07) is 16.8. The van der Waals surface area contributed by atoms with E-state index in [2.05, 4.69) is 48.5 Å². The fourth-order valence-electron chi connectivity index (χ4n) is 2.57. The van der Waals surface area contributed by atoms with E-state index in [0.717, 1.165) is 19.1 Å². The largest absolute Gasteiger partial charge is 0.506 e.